The lowest BCUT2D eigenvalue weighted by Gasteiger charge is -1.81. The molecule has 2 heteroatoms. The molecule has 0 saturated heterocycles. The van der Waals surface area contributed by atoms with E-state index in [1.165, 1.54) is 0 Å². The van der Waals surface area contributed by atoms with Gasteiger partial charge >= 0.3 is 0 Å². The molecule has 0 atom stereocenters. The van der Waals surface area contributed by atoms with Gasteiger partial charge in [-0.25, -0.2) is 4.98 Å². The Labute approximate surface area is 81.5 Å². The standard InChI is InChI=1S/C7H6N2.2C2H6.H2/c1-2-4-7-6(3-1)8-5-9-7;2*1-2;/h1-5H,(H,8,9);2*1-2H3;1H. The molecule has 1 aromatic carbocycles. The molecule has 0 saturated carbocycles. The Balaban J connectivity index is 0. The average Bonchev–Trinajstić information content (AvgIpc) is 2.71. The Morgan fingerprint density at radius 2 is 1.69 bits per heavy atom. The number of imidazole rings is 1. The Bertz CT molecular complexity index is 287. The summed E-state index contributed by atoms with van der Waals surface area (Å²) in [5, 5.41) is 0. The second-order valence-corrected chi connectivity index (χ2v) is 1.92. The van der Waals surface area contributed by atoms with E-state index in [4.69, 9.17) is 0 Å². The molecule has 0 spiro atoms. The van der Waals surface area contributed by atoms with Gasteiger partial charge in [0.05, 0.1) is 17.4 Å². The molecule has 0 aliphatic heterocycles. The summed E-state index contributed by atoms with van der Waals surface area (Å²) in [4.78, 5) is 7.07. The first kappa shape index (κ1) is 11.7. The van der Waals surface area contributed by atoms with Crippen LogP contribution in [0, 0.1) is 0 Å². The van der Waals surface area contributed by atoms with Gasteiger partial charge in [0.1, 0.15) is 0 Å². The van der Waals surface area contributed by atoms with Crippen LogP contribution in [0.25, 0.3) is 11.0 Å². The van der Waals surface area contributed by atoms with E-state index in [2.05, 4.69) is 9.97 Å². The van der Waals surface area contributed by atoms with Crippen LogP contribution in [0.5, 0.6) is 0 Å². The Morgan fingerprint density at radius 1 is 1.08 bits per heavy atom. The fourth-order valence-corrected chi connectivity index (χ4v) is 0.880. The molecular weight excluding hydrogens is 160 g/mol. The number of H-pyrrole nitrogens is 1. The van der Waals surface area contributed by atoms with Crippen molar-refractivity contribution in [3.8, 4) is 0 Å². The van der Waals surface area contributed by atoms with Crippen molar-refractivity contribution in [3.05, 3.63) is 30.6 Å². The van der Waals surface area contributed by atoms with Crippen LogP contribution < -0.4 is 0 Å². The highest BCUT2D eigenvalue weighted by molar-refractivity contribution is 5.73. The molecule has 74 valence electrons. The fourth-order valence-electron chi connectivity index (χ4n) is 0.880. The van der Waals surface area contributed by atoms with Crippen molar-refractivity contribution in [1.29, 1.82) is 0 Å². The number of hydrogen-bond donors (Lipinski definition) is 1. The molecule has 0 fully saturated rings. The number of nitrogens with one attached hydrogen (secondary N) is 1. The van der Waals surface area contributed by atoms with Gasteiger partial charge in [-0.05, 0) is 12.1 Å². The largest absolute Gasteiger partial charge is 0.345 e. The predicted molar refractivity (Wildman–Crippen MR) is 60.9 cm³/mol. The van der Waals surface area contributed by atoms with Crippen LogP contribution in [-0.2, 0) is 0 Å². The number of para-hydroxylation sites is 2. The first-order chi connectivity index (χ1) is 6.47. The van der Waals surface area contributed by atoms with Crippen molar-refractivity contribution in [2.24, 2.45) is 0 Å². The minimum absolute atomic E-state index is 0. The third kappa shape index (κ3) is 3.28. The normalized spacial score (nSPS) is 8.00. The number of benzene rings is 1. The SMILES string of the molecule is CC.CC.[HH].c1ccc2[nH]cnc2c1. The van der Waals surface area contributed by atoms with Crippen LogP contribution in [0.3, 0.4) is 0 Å². The van der Waals surface area contributed by atoms with E-state index in [1.807, 2.05) is 52.0 Å². The molecule has 2 rings (SSSR count). The smallest absolute Gasteiger partial charge is 0.0931 e. The predicted octanol–water partition coefficient (Wildman–Crippen LogP) is 3.86. The number of aromatic amines is 1. The molecule has 0 unspecified atom stereocenters. The van der Waals surface area contributed by atoms with Crippen molar-refractivity contribution in [2.45, 2.75) is 27.7 Å². The summed E-state index contributed by atoms with van der Waals surface area (Å²) in [7, 11) is 0. The number of fused-ring (bicyclic) bond motifs is 1. The van der Waals surface area contributed by atoms with Crippen LogP contribution in [0.15, 0.2) is 30.6 Å². The van der Waals surface area contributed by atoms with Gasteiger partial charge in [-0.2, -0.15) is 0 Å². The van der Waals surface area contributed by atoms with Gasteiger partial charge in [0, 0.05) is 1.43 Å². The molecule has 13 heavy (non-hydrogen) atoms. The molecule has 1 heterocycles. The van der Waals surface area contributed by atoms with Crippen LogP contribution in [0.2, 0.25) is 0 Å². The van der Waals surface area contributed by atoms with E-state index in [0.717, 1.165) is 11.0 Å². The molecular formula is C11H20N2. The highest BCUT2D eigenvalue weighted by Crippen LogP contribution is 2.05. The fraction of sp³-hybridized carbons (Fsp3) is 0.364. The quantitative estimate of drug-likeness (QED) is 0.655. The molecule has 0 bridgehead atoms. The van der Waals surface area contributed by atoms with Gasteiger partial charge in [0.2, 0.25) is 0 Å². The summed E-state index contributed by atoms with van der Waals surface area (Å²) in [6.07, 6.45) is 1.70. The summed E-state index contributed by atoms with van der Waals surface area (Å²) in [5.74, 6) is 0. The third-order valence-electron chi connectivity index (χ3n) is 1.33. The lowest BCUT2D eigenvalue weighted by Crippen LogP contribution is -1.63. The summed E-state index contributed by atoms with van der Waals surface area (Å²) < 4.78 is 0. The van der Waals surface area contributed by atoms with Crippen molar-refractivity contribution in [3.63, 3.8) is 0 Å². The summed E-state index contributed by atoms with van der Waals surface area (Å²) in [5.41, 5.74) is 2.12. The van der Waals surface area contributed by atoms with Gasteiger partial charge in [-0.3, -0.25) is 0 Å². The topological polar surface area (TPSA) is 28.7 Å². The monoisotopic (exact) mass is 180 g/mol. The van der Waals surface area contributed by atoms with Gasteiger partial charge in [-0.15, -0.1) is 0 Å². The molecule has 0 aliphatic rings. The van der Waals surface area contributed by atoms with Crippen molar-refractivity contribution < 1.29 is 1.43 Å². The van der Waals surface area contributed by atoms with Crippen LogP contribution in [0.4, 0.5) is 0 Å². The van der Waals surface area contributed by atoms with Gasteiger partial charge in [-0.1, -0.05) is 39.8 Å². The van der Waals surface area contributed by atoms with E-state index < -0.39 is 0 Å². The Kier molecular flexibility index (Phi) is 6.60. The summed E-state index contributed by atoms with van der Waals surface area (Å²) >= 11 is 0. The lowest BCUT2D eigenvalue weighted by molar-refractivity contribution is 1.34. The van der Waals surface area contributed by atoms with E-state index in [0.29, 0.717) is 0 Å². The van der Waals surface area contributed by atoms with Crippen molar-refractivity contribution >= 4 is 11.0 Å². The minimum atomic E-state index is 0. The maximum atomic E-state index is 4.06. The molecule has 0 aliphatic carbocycles. The average molecular weight is 180 g/mol. The van der Waals surface area contributed by atoms with E-state index in [1.54, 1.807) is 6.33 Å². The van der Waals surface area contributed by atoms with Crippen LogP contribution in [0.1, 0.15) is 29.1 Å². The zero-order chi connectivity index (χ0) is 10.1. The van der Waals surface area contributed by atoms with Gasteiger partial charge in [0.25, 0.3) is 0 Å². The molecule has 0 radical (unpaired) electrons. The van der Waals surface area contributed by atoms with Crippen LogP contribution in [-0.4, -0.2) is 9.97 Å². The highest BCUT2D eigenvalue weighted by Gasteiger charge is 1.88. The Hall–Kier alpha value is -1.31. The van der Waals surface area contributed by atoms with Crippen LogP contribution >= 0.6 is 0 Å². The van der Waals surface area contributed by atoms with E-state index >= 15 is 0 Å². The van der Waals surface area contributed by atoms with Crippen molar-refractivity contribution in [2.75, 3.05) is 0 Å². The molecule has 1 aromatic heterocycles. The van der Waals surface area contributed by atoms with E-state index in [-0.39, 0.29) is 1.43 Å². The number of nitrogens with zero attached hydrogens (tertiary/aromatic N) is 1. The molecule has 0 amide bonds. The number of rotatable bonds is 0. The molecule has 1 N–H and O–H groups in total. The Morgan fingerprint density at radius 3 is 2.31 bits per heavy atom. The zero-order valence-electron chi connectivity index (χ0n) is 8.83. The lowest BCUT2D eigenvalue weighted by atomic mass is 10.3. The highest BCUT2D eigenvalue weighted by atomic mass is 14.9. The first-order valence-corrected chi connectivity index (χ1v) is 4.85. The number of hydrogen-bond acceptors (Lipinski definition) is 1. The zero-order valence-corrected chi connectivity index (χ0v) is 8.83. The second kappa shape index (κ2) is 7.35. The maximum Gasteiger partial charge on any atom is 0.0931 e. The minimum Gasteiger partial charge on any atom is -0.345 e. The summed E-state index contributed by atoms with van der Waals surface area (Å²) in [6, 6.07) is 7.94. The molecule has 2 nitrogen and oxygen atoms in total. The van der Waals surface area contributed by atoms with Crippen molar-refractivity contribution in [1.82, 2.24) is 9.97 Å². The maximum absolute atomic E-state index is 4.06. The van der Waals surface area contributed by atoms with E-state index in [9.17, 15) is 0 Å². The third-order valence-corrected chi connectivity index (χ3v) is 1.33. The summed E-state index contributed by atoms with van der Waals surface area (Å²) in [6.45, 7) is 8.00. The van der Waals surface area contributed by atoms with Gasteiger partial charge < -0.3 is 4.98 Å². The number of aromatic nitrogens is 2. The second-order valence-electron chi connectivity index (χ2n) is 1.92. The first-order valence-electron chi connectivity index (χ1n) is 4.85. The molecule has 2 aromatic rings. The van der Waals surface area contributed by atoms with Gasteiger partial charge in [0.15, 0.2) is 0 Å².